The van der Waals surface area contributed by atoms with E-state index >= 15 is 0 Å². The Labute approximate surface area is 255 Å². The second-order valence-electron chi connectivity index (χ2n) is 11.2. The molecule has 1 aliphatic rings. The van der Waals surface area contributed by atoms with Crippen molar-refractivity contribution in [2.45, 2.75) is 57.0 Å². The number of ketones is 1. The van der Waals surface area contributed by atoms with Crippen LogP contribution in [0.1, 0.15) is 30.5 Å². The predicted molar refractivity (Wildman–Crippen MR) is 165 cm³/mol. The average molecular weight is 597 g/mol. The lowest BCUT2D eigenvalue weighted by Gasteiger charge is -2.25. The summed E-state index contributed by atoms with van der Waals surface area (Å²) in [4.78, 5) is 56.1. The summed E-state index contributed by atoms with van der Waals surface area (Å²) < 4.78 is 10.7. The highest BCUT2D eigenvalue weighted by Crippen LogP contribution is 2.29. The van der Waals surface area contributed by atoms with Crippen LogP contribution < -0.4 is 16.0 Å². The maximum Gasteiger partial charge on any atom is 0.408 e. The van der Waals surface area contributed by atoms with Crippen LogP contribution in [0.25, 0.3) is 10.9 Å². The topological polar surface area (TPSA) is 142 Å². The number of H-pyrrole nitrogens is 1. The molecule has 0 radical (unpaired) electrons. The van der Waals surface area contributed by atoms with Gasteiger partial charge in [0.2, 0.25) is 11.8 Å². The van der Waals surface area contributed by atoms with E-state index in [-0.39, 0.29) is 31.8 Å². The van der Waals surface area contributed by atoms with Gasteiger partial charge in [-0.1, -0.05) is 78.9 Å². The van der Waals surface area contributed by atoms with Gasteiger partial charge in [0.25, 0.3) is 0 Å². The van der Waals surface area contributed by atoms with Crippen molar-refractivity contribution in [3.05, 3.63) is 108 Å². The van der Waals surface area contributed by atoms with Crippen LogP contribution in [0.15, 0.2) is 91.1 Å². The number of carbonyl (C=O) groups is 4. The van der Waals surface area contributed by atoms with Gasteiger partial charge in [-0.25, -0.2) is 4.79 Å². The van der Waals surface area contributed by atoms with Crippen LogP contribution in [-0.4, -0.2) is 59.0 Å². The molecule has 0 spiro atoms. The summed E-state index contributed by atoms with van der Waals surface area (Å²) in [7, 11) is 0. The first-order valence-electron chi connectivity index (χ1n) is 14.6. The first-order chi connectivity index (χ1) is 21.2. The average Bonchev–Trinajstić information content (AvgIpc) is 3.67. The number of hydrogen-bond acceptors (Lipinski definition) is 6. The molecule has 0 bridgehead atoms. The quantitative estimate of drug-likeness (QED) is 0.174. The lowest BCUT2D eigenvalue weighted by atomic mass is 9.94. The molecule has 4 atom stereocenters. The summed E-state index contributed by atoms with van der Waals surface area (Å²) in [6.45, 7) is 3.54. The number of aromatic amines is 1. The Bertz CT molecular complexity index is 1620. The number of carbonyl (C=O) groups excluding carboxylic acids is 4. The molecule has 4 aromatic rings. The number of nitrogens with one attached hydrogen (secondary N) is 4. The third-order valence-corrected chi connectivity index (χ3v) is 7.69. The Kier molecular flexibility index (Phi) is 9.40. The number of Topliss-reactive ketones (excluding diaryl/α,β-unsaturated/α-hetero) is 1. The van der Waals surface area contributed by atoms with Crippen molar-refractivity contribution >= 4 is 34.6 Å². The largest absolute Gasteiger partial charge is 0.445 e. The summed E-state index contributed by atoms with van der Waals surface area (Å²) in [5.41, 5.74) is 2.42. The molecule has 3 aromatic carbocycles. The molecule has 1 aromatic heterocycles. The zero-order valence-electron chi connectivity index (χ0n) is 24.7. The monoisotopic (exact) mass is 596 g/mol. The fraction of sp³-hybridized carbons (Fsp3) is 0.294. The Morgan fingerprint density at radius 2 is 1.43 bits per heavy atom. The molecular formula is C34H36N4O6. The van der Waals surface area contributed by atoms with E-state index in [1.807, 2.05) is 84.9 Å². The molecule has 10 nitrogen and oxygen atoms in total. The zero-order chi connectivity index (χ0) is 31.1. The highest BCUT2D eigenvalue weighted by atomic mass is 16.6. The Balaban J connectivity index is 1.31. The number of epoxide rings is 1. The van der Waals surface area contributed by atoms with Gasteiger partial charge in [0, 0.05) is 23.5 Å². The van der Waals surface area contributed by atoms with Crippen molar-refractivity contribution in [1.29, 1.82) is 0 Å². The van der Waals surface area contributed by atoms with Crippen molar-refractivity contribution in [3.63, 3.8) is 0 Å². The number of amides is 3. The van der Waals surface area contributed by atoms with Gasteiger partial charge in [-0.2, -0.15) is 0 Å². The van der Waals surface area contributed by atoms with Crippen LogP contribution in [0.5, 0.6) is 0 Å². The van der Waals surface area contributed by atoms with E-state index in [1.54, 1.807) is 13.1 Å². The number of para-hydroxylation sites is 1. The van der Waals surface area contributed by atoms with E-state index < -0.39 is 41.6 Å². The van der Waals surface area contributed by atoms with Crippen LogP contribution >= 0.6 is 0 Å². The van der Waals surface area contributed by atoms with Crippen molar-refractivity contribution < 1.29 is 28.7 Å². The standard InChI is InChI=1S/C34H36N4O6/c1-22(36-33(42)43-20-24-13-7-4-8-14-24)31(40)38-29(18-25-19-35-27-16-10-9-15-26(25)27)32(41)37-28(30(39)34(2)21-44-34)17-23-11-5-3-6-12-23/h3-16,19,22,28-29,35H,17-18,20-21H2,1-2H3,(H,36,42)(H,37,41)(H,38,40)/t22-,28-,29-,34?/m0/s1. The number of hydrogen-bond donors (Lipinski definition) is 4. The number of fused-ring (bicyclic) bond motifs is 1. The minimum Gasteiger partial charge on any atom is -0.445 e. The minimum absolute atomic E-state index is 0.0477. The van der Waals surface area contributed by atoms with Crippen LogP contribution in [-0.2, 0) is 43.3 Å². The van der Waals surface area contributed by atoms with E-state index in [4.69, 9.17) is 9.47 Å². The summed E-state index contributed by atoms with van der Waals surface area (Å²) in [6.07, 6.45) is 1.45. The van der Waals surface area contributed by atoms with Crippen molar-refractivity contribution in [3.8, 4) is 0 Å². The summed E-state index contributed by atoms with van der Waals surface area (Å²) in [5, 5.41) is 9.10. The normalized spacial score (nSPS) is 17.6. The second-order valence-corrected chi connectivity index (χ2v) is 11.2. The van der Waals surface area contributed by atoms with E-state index in [0.29, 0.717) is 0 Å². The minimum atomic E-state index is -1.05. The number of benzene rings is 3. The van der Waals surface area contributed by atoms with E-state index in [1.165, 1.54) is 6.92 Å². The molecule has 5 rings (SSSR count). The van der Waals surface area contributed by atoms with Crippen molar-refractivity contribution in [2.75, 3.05) is 6.61 Å². The summed E-state index contributed by atoms with van der Waals surface area (Å²) in [6, 6.07) is 23.3. The number of aromatic nitrogens is 1. The number of alkyl carbamates (subject to hydrolysis) is 1. The van der Waals surface area contributed by atoms with Gasteiger partial charge in [0.15, 0.2) is 5.78 Å². The predicted octanol–water partition coefficient (Wildman–Crippen LogP) is 3.60. The highest BCUT2D eigenvalue weighted by Gasteiger charge is 2.50. The Hall–Kier alpha value is -4.96. The first-order valence-corrected chi connectivity index (χ1v) is 14.6. The molecule has 44 heavy (non-hydrogen) atoms. The number of ether oxygens (including phenoxy) is 2. The van der Waals surface area contributed by atoms with Crippen LogP contribution in [0, 0.1) is 0 Å². The van der Waals surface area contributed by atoms with Crippen LogP contribution in [0.4, 0.5) is 4.79 Å². The van der Waals surface area contributed by atoms with Gasteiger partial charge in [0.05, 0.1) is 12.6 Å². The van der Waals surface area contributed by atoms with Gasteiger partial charge in [0.1, 0.15) is 24.3 Å². The Morgan fingerprint density at radius 1 is 0.818 bits per heavy atom. The third-order valence-electron chi connectivity index (χ3n) is 7.69. The second kappa shape index (κ2) is 13.6. The van der Waals surface area contributed by atoms with Gasteiger partial charge in [-0.05, 0) is 43.0 Å². The highest BCUT2D eigenvalue weighted by molar-refractivity contribution is 5.98. The molecule has 1 fully saturated rings. The van der Waals surface area contributed by atoms with E-state index in [0.717, 1.165) is 27.6 Å². The van der Waals surface area contributed by atoms with Crippen LogP contribution in [0.2, 0.25) is 0 Å². The number of rotatable bonds is 13. The van der Waals surface area contributed by atoms with E-state index in [2.05, 4.69) is 20.9 Å². The van der Waals surface area contributed by atoms with Gasteiger partial charge in [-0.15, -0.1) is 0 Å². The molecule has 1 saturated heterocycles. The lowest BCUT2D eigenvalue weighted by molar-refractivity contribution is -0.133. The molecule has 4 N–H and O–H groups in total. The molecule has 0 aliphatic carbocycles. The maximum absolute atomic E-state index is 13.9. The fourth-order valence-corrected chi connectivity index (χ4v) is 4.98. The van der Waals surface area contributed by atoms with Crippen LogP contribution in [0.3, 0.4) is 0 Å². The molecule has 10 heteroatoms. The molecule has 3 amide bonds. The molecular weight excluding hydrogens is 560 g/mol. The van der Waals surface area contributed by atoms with Gasteiger partial charge >= 0.3 is 6.09 Å². The van der Waals surface area contributed by atoms with Gasteiger partial charge in [-0.3, -0.25) is 14.4 Å². The molecule has 2 heterocycles. The summed E-state index contributed by atoms with van der Waals surface area (Å²) >= 11 is 0. The molecule has 1 aliphatic heterocycles. The van der Waals surface area contributed by atoms with Crippen molar-refractivity contribution in [2.24, 2.45) is 0 Å². The third kappa shape index (κ3) is 7.70. The molecule has 0 saturated carbocycles. The Morgan fingerprint density at radius 3 is 2.11 bits per heavy atom. The smallest absolute Gasteiger partial charge is 0.408 e. The van der Waals surface area contributed by atoms with E-state index in [9.17, 15) is 19.2 Å². The fourth-order valence-electron chi connectivity index (χ4n) is 4.98. The maximum atomic E-state index is 13.9. The molecule has 228 valence electrons. The van der Waals surface area contributed by atoms with Gasteiger partial charge < -0.3 is 30.4 Å². The summed E-state index contributed by atoms with van der Waals surface area (Å²) in [5.74, 6) is -1.34. The van der Waals surface area contributed by atoms with Crippen molar-refractivity contribution in [1.82, 2.24) is 20.9 Å². The molecule has 1 unspecified atom stereocenters. The lowest BCUT2D eigenvalue weighted by Crippen LogP contribution is -2.57. The SMILES string of the molecule is C[C@H](NC(=O)OCc1ccccc1)C(=O)N[C@@H](Cc1c[nH]c2ccccc12)C(=O)N[C@@H](Cc1ccccc1)C(=O)C1(C)CO1. The zero-order valence-corrected chi connectivity index (χ0v) is 24.7. The first kappa shape index (κ1) is 30.5.